The molecule has 4 atom stereocenters. The van der Waals surface area contributed by atoms with Crippen LogP contribution in [0.5, 0.6) is 0 Å². The first-order chi connectivity index (χ1) is 20.5. The molecule has 0 aliphatic carbocycles. The first kappa shape index (κ1) is 34.1. The molecule has 0 heterocycles. The summed E-state index contributed by atoms with van der Waals surface area (Å²) < 4.78 is 38.2. The molecule has 0 radical (unpaired) electrons. The van der Waals surface area contributed by atoms with Crippen LogP contribution >= 0.6 is 0 Å². The van der Waals surface area contributed by atoms with Crippen molar-refractivity contribution < 1.29 is 23.4 Å². The van der Waals surface area contributed by atoms with E-state index in [9.17, 15) is 13.9 Å². The van der Waals surface area contributed by atoms with Crippen molar-refractivity contribution in [3.05, 3.63) is 143 Å². The molecule has 1 N–H and O–H groups in total. The lowest BCUT2D eigenvalue weighted by Crippen LogP contribution is -2.44. The van der Waals surface area contributed by atoms with Crippen LogP contribution in [-0.4, -0.2) is 17.3 Å². The maximum absolute atomic E-state index is 13.1. The molecule has 0 spiro atoms. The van der Waals surface area contributed by atoms with E-state index < -0.39 is 11.7 Å². The minimum absolute atomic E-state index is 0.0660. The van der Waals surface area contributed by atoms with Crippen LogP contribution in [0, 0.1) is 23.5 Å². The van der Waals surface area contributed by atoms with Crippen LogP contribution in [0.25, 0.3) is 0 Å². The Hall–Kier alpha value is -3.38. The Morgan fingerprint density at radius 2 is 1.05 bits per heavy atom. The zero-order valence-corrected chi connectivity index (χ0v) is 26.2. The number of hydrogen-bond acceptors (Lipinski definition) is 3. The molecule has 43 heavy (non-hydrogen) atoms. The lowest BCUT2D eigenvalue weighted by atomic mass is 9.79. The molecule has 0 aliphatic heterocycles. The van der Waals surface area contributed by atoms with Crippen molar-refractivity contribution in [1.29, 1.82) is 0 Å². The highest BCUT2D eigenvalue weighted by Crippen LogP contribution is 2.35. The molecule has 0 saturated heterocycles. The van der Waals surface area contributed by atoms with E-state index in [1.54, 1.807) is 12.1 Å². The van der Waals surface area contributed by atoms with Gasteiger partial charge >= 0.3 is 0 Å². The summed E-state index contributed by atoms with van der Waals surface area (Å²) in [4.78, 5) is 0. The Labute approximate surface area is 256 Å². The molecule has 0 aliphatic rings. The smallest absolute Gasteiger partial charge is 0.123 e. The summed E-state index contributed by atoms with van der Waals surface area (Å²) in [5.41, 5.74) is 2.87. The third-order valence-electron chi connectivity index (χ3n) is 7.98. The van der Waals surface area contributed by atoms with Crippen LogP contribution in [0.15, 0.2) is 109 Å². The average Bonchev–Trinajstić information content (AvgIpc) is 3.01. The topological polar surface area (TPSA) is 38.7 Å². The van der Waals surface area contributed by atoms with Gasteiger partial charge in [0.2, 0.25) is 0 Å². The molecule has 4 aromatic rings. The van der Waals surface area contributed by atoms with Gasteiger partial charge in [-0.25, -0.2) is 8.78 Å². The molecule has 4 aromatic carbocycles. The van der Waals surface area contributed by atoms with Crippen LogP contribution in [0.3, 0.4) is 0 Å². The summed E-state index contributed by atoms with van der Waals surface area (Å²) in [5, 5.41) is 11.1. The van der Waals surface area contributed by atoms with Gasteiger partial charge < -0.3 is 14.6 Å². The highest BCUT2D eigenvalue weighted by molar-refractivity contribution is 5.26. The van der Waals surface area contributed by atoms with Gasteiger partial charge in [0.25, 0.3) is 0 Å². The van der Waals surface area contributed by atoms with E-state index >= 15 is 0 Å². The van der Waals surface area contributed by atoms with Crippen LogP contribution < -0.4 is 0 Å². The molecule has 230 valence electrons. The van der Waals surface area contributed by atoms with E-state index in [0.717, 1.165) is 11.1 Å². The van der Waals surface area contributed by atoms with Crippen molar-refractivity contribution in [2.45, 2.75) is 78.5 Å². The molecule has 0 aromatic heterocycles. The molecular formula is C38H46F2O3. The summed E-state index contributed by atoms with van der Waals surface area (Å²) in [5.74, 6) is 0.117. The number of hydrogen-bond donors (Lipinski definition) is 1. The van der Waals surface area contributed by atoms with Gasteiger partial charge in [0, 0.05) is 5.92 Å². The maximum atomic E-state index is 13.1. The second-order valence-corrected chi connectivity index (χ2v) is 11.7. The molecule has 0 saturated carbocycles. The SMILES string of the molecule is CC(C)[C@@H](c1ccc(F)cc1)[C@H](C)OCc1ccccc1.CC(C)[C@@](O)(c1ccc(F)cc1)[C@H](C)OCc1ccccc1. The first-order valence-corrected chi connectivity index (χ1v) is 15.1. The molecule has 3 nitrogen and oxygen atoms in total. The third-order valence-corrected chi connectivity index (χ3v) is 7.98. The van der Waals surface area contributed by atoms with E-state index in [1.165, 1.54) is 29.8 Å². The highest BCUT2D eigenvalue weighted by atomic mass is 19.1. The van der Waals surface area contributed by atoms with Crippen molar-refractivity contribution in [2.24, 2.45) is 11.8 Å². The van der Waals surface area contributed by atoms with Crippen molar-refractivity contribution in [1.82, 2.24) is 0 Å². The first-order valence-electron chi connectivity index (χ1n) is 15.1. The van der Waals surface area contributed by atoms with Crippen LogP contribution in [-0.2, 0) is 28.3 Å². The Balaban J connectivity index is 0.000000236. The van der Waals surface area contributed by atoms with E-state index in [2.05, 4.69) is 32.9 Å². The van der Waals surface area contributed by atoms with E-state index in [4.69, 9.17) is 9.47 Å². The molecule has 0 amide bonds. The van der Waals surface area contributed by atoms with Crippen LogP contribution in [0.1, 0.15) is 69.7 Å². The fourth-order valence-electron chi connectivity index (χ4n) is 5.47. The number of ether oxygens (including phenoxy) is 2. The zero-order chi connectivity index (χ0) is 31.4. The molecule has 0 bridgehead atoms. The highest BCUT2D eigenvalue weighted by Gasteiger charge is 2.39. The Kier molecular flexibility index (Phi) is 13.1. The molecular weight excluding hydrogens is 542 g/mol. The van der Waals surface area contributed by atoms with Gasteiger partial charge in [-0.15, -0.1) is 0 Å². The van der Waals surface area contributed by atoms with Crippen molar-refractivity contribution in [3.8, 4) is 0 Å². The zero-order valence-electron chi connectivity index (χ0n) is 26.2. The summed E-state index contributed by atoms with van der Waals surface area (Å²) in [6.45, 7) is 13.2. The molecule has 4 rings (SSSR count). The van der Waals surface area contributed by atoms with Gasteiger partial charge in [-0.1, -0.05) is 113 Å². The Bertz CT molecular complexity index is 1330. The lowest BCUT2D eigenvalue weighted by molar-refractivity contribution is -0.137. The largest absolute Gasteiger partial charge is 0.382 e. The van der Waals surface area contributed by atoms with Crippen LogP contribution in [0.2, 0.25) is 0 Å². The summed E-state index contributed by atoms with van der Waals surface area (Å²) in [6, 6.07) is 32.8. The standard InChI is InChI=1S/C19H23FO2.C19H23FO/c1-14(2)19(21,17-9-11-18(20)12-10-17)15(3)22-13-16-7-5-4-6-8-16;1-14(2)19(17-9-11-18(20)12-10-17)15(3)21-13-16-7-5-4-6-8-16/h4-12,14-15,21H,13H2,1-3H3;4-12,14-15,19H,13H2,1-3H3/t15-,19-;15-,19+/m00/s1. The third kappa shape index (κ3) is 9.82. The quantitative estimate of drug-likeness (QED) is 0.179. The van der Waals surface area contributed by atoms with Crippen molar-refractivity contribution in [2.75, 3.05) is 0 Å². The summed E-state index contributed by atoms with van der Waals surface area (Å²) in [7, 11) is 0. The number of aliphatic hydroxyl groups is 1. The minimum Gasteiger partial charge on any atom is -0.382 e. The number of rotatable bonds is 12. The van der Waals surface area contributed by atoms with E-state index in [-0.39, 0.29) is 29.6 Å². The average molecular weight is 589 g/mol. The fraction of sp³-hybridized carbons (Fsp3) is 0.368. The van der Waals surface area contributed by atoms with Gasteiger partial charge in [-0.05, 0) is 72.2 Å². The van der Waals surface area contributed by atoms with Gasteiger partial charge in [0.05, 0.1) is 25.4 Å². The lowest BCUT2D eigenvalue weighted by Gasteiger charge is -2.38. The predicted molar refractivity (Wildman–Crippen MR) is 170 cm³/mol. The Morgan fingerprint density at radius 3 is 1.49 bits per heavy atom. The van der Waals surface area contributed by atoms with Gasteiger partial charge in [-0.3, -0.25) is 0 Å². The van der Waals surface area contributed by atoms with Gasteiger partial charge in [0.1, 0.15) is 17.2 Å². The van der Waals surface area contributed by atoms with Crippen LogP contribution in [0.4, 0.5) is 8.78 Å². The second kappa shape index (κ2) is 16.5. The normalized spacial score (nSPS) is 14.9. The molecule has 0 unspecified atom stereocenters. The number of benzene rings is 4. The summed E-state index contributed by atoms with van der Waals surface area (Å²) in [6.07, 6.45) is -0.339. The fourth-order valence-corrected chi connectivity index (χ4v) is 5.47. The summed E-state index contributed by atoms with van der Waals surface area (Å²) >= 11 is 0. The second-order valence-electron chi connectivity index (χ2n) is 11.7. The van der Waals surface area contributed by atoms with Crippen molar-refractivity contribution >= 4 is 0 Å². The maximum Gasteiger partial charge on any atom is 0.123 e. The van der Waals surface area contributed by atoms with Crippen molar-refractivity contribution in [3.63, 3.8) is 0 Å². The monoisotopic (exact) mass is 588 g/mol. The van der Waals surface area contributed by atoms with E-state index in [0.29, 0.717) is 24.7 Å². The predicted octanol–water partition coefficient (Wildman–Crippen LogP) is 9.45. The minimum atomic E-state index is -1.16. The van der Waals surface area contributed by atoms with Gasteiger partial charge in [-0.2, -0.15) is 0 Å². The van der Waals surface area contributed by atoms with Gasteiger partial charge in [0.15, 0.2) is 0 Å². The Morgan fingerprint density at radius 1 is 0.605 bits per heavy atom. The number of halogens is 2. The van der Waals surface area contributed by atoms with E-state index in [1.807, 2.05) is 81.4 Å². The molecule has 5 heteroatoms. The molecule has 0 fully saturated rings.